The topological polar surface area (TPSA) is 75.3 Å². The van der Waals surface area contributed by atoms with Gasteiger partial charge in [-0.15, -0.1) is 0 Å². The van der Waals surface area contributed by atoms with Gasteiger partial charge in [0.15, 0.2) is 11.6 Å². The number of amides is 1. The number of nitrogens with zero attached hydrogens (tertiary/aromatic N) is 4. The fourth-order valence-corrected chi connectivity index (χ4v) is 5.53. The van der Waals surface area contributed by atoms with Crippen LogP contribution in [-0.4, -0.2) is 45.9 Å². The van der Waals surface area contributed by atoms with Gasteiger partial charge in [0.1, 0.15) is 0 Å². The fraction of sp³-hybridized carbons (Fsp3) is 0.433. The van der Waals surface area contributed by atoms with Gasteiger partial charge in [0.2, 0.25) is 0 Å². The van der Waals surface area contributed by atoms with Gasteiger partial charge in [0.25, 0.3) is 5.91 Å². The Kier molecular flexibility index (Phi) is 8.72. The fourth-order valence-electron chi connectivity index (χ4n) is 5.53. The highest BCUT2D eigenvalue weighted by Crippen LogP contribution is 2.29. The largest absolute Gasteiger partial charge is 0.366 e. The van der Waals surface area contributed by atoms with E-state index in [-0.39, 0.29) is 6.04 Å². The summed E-state index contributed by atoms with van der Waals surface area (Å²) in [6.07, 6.45) is 7.24. The van der Waals surface area contributed by atoms with E-state index in [1.54, 1.807) is 12.3 Å². The van der Waals surface area contributed by atoms with Crippen LogP contribution in [0.15, 0.2) is 42.7 Å². The Bertz CT molecular complexity index is 1270. The highest BCUT2D eigenvalue weighted by atomic mass is 19.2. The molecule has 202 valence electrons. The number of primary amides is 1. The molecule has 0 spiro atoms. The average Bonchev–Trinajstić information content (AvgIpc) is 2.88. The minimum absolute atomic E-state index is 0.205. The summed E-state index contributed by atoms with van der Waals surface area (Å²) in [5, 5.41) is 0. The zero-order valence-electron chi connectivity index (χ0n) is 22.7. The number of anilines is 1. The molecule has 1 saturated heterocycles. The van der Waals surface area contributed by atoms with Crippen LogP contribution in [0.25, 0.3) is 0 Å². The van der Waals surface area contributed by atoms with E-state index in [2.05, 4.69) is 26.7 Å². The number of hydrogen-bond donors (Lipinski definition) is 1. The summed E-state index contributed by atoms with van der Waals surface area (Å²) in [6.45, 7) is 10.5. The molecule has 1 atom stereocenters. The zero-order valence-corrected chi connectivity index (χ0v) is 22.7. The first-order chi connectivity index (χ1) is 18.1. The van der Waals surface area contributed by atoms with Crippen LogP contribution < -0.4 is 10.6 Å². The van der Waals surface area contributed by atoms with Crippen LogP contribution in [0, 0.1) is 32.4 Å². The molecule has 1 aliphatic heterocycles. The third kappa shape index (κ3) is 6.35. The minimum Gasteiger partial charge on any atom is -0.366 e. The van der Waals surface area contributed by atoms with Crippen molar-refractivity contribution in [3.8, 4) is 0 Å². The molecule has 2 aromatic heterocycles. The monoisotopic (exact) mass is 521 g/mol. The van der Waals surface area contributed by atoms with Gasteiger partial charge in [-0.25, -0.2) is 8.78 Å². The number of benzene rings is 1. The summed E-state index contributed by atoms with van der Waals surface area (Å²) in [7, 11) is 0. The molecule has 3 heterocycles. The van der Waals surface area contributed by atoms with Gasteiger partial charge in [-0.1, -0.05) is 0 Å². The van der Waals surface area contributed by atoms with E-state index >= 15 is 0 Å². The maximum absolute atomic E-state index is 14.2. The standard InChI is InChI=1S/C30H37F2N5O/c1-19-9-12-34-17-23(19)18-37(26-7-8-27(31)28(32)16-26)25-10-13-36(14-11-25)21(3)5-6-24-15-20(2)29(30(33)38)22(4)35-24/h7-9,12,15-17,21,25H,5-6,10-11,13-14,18H2,1-4H3,(H2,33,38)/t21-/m1/s1. The lowest BCUT2D eigenvalue weighted by Gasteiger charge is -2.42. The molecule has 1 amide bonds. The third-order valence-electron chi connectivity index (χ3n) is 7.80. The van der Waals surface area contributed by atoms with E-state index in [0.717, 1.165) is 61.2 Å². The van der Waals surface area contributed by atoms with E-state index in [9.17, 15) is 13.6 Å². The van der Waals surface area contributed by atoms with Gasteiger partial charge >= 0.3 is 0 Å². The molecule has 38 heavy (non-hydrogen) atoms. The first kappa shape index (κ1) is 27.6. The van der Waals surface area contributed by atoms with Gasteiger partial charge < -0.3 is 15.5 Å². The average molecular weight is 522 g/mol. The van der Waals surface area contributed by atoms with Crippen molar-refractivity contribution in [2.24, 2.45) is 5.73 Å². The van der Waals surface area contributed by atoms with Crippen molar-refractivity contribution in [1.29, 1.82) is 0 Å². The molecule has 0 unspecified atom stereocenters. The molecular weight excluding hydrogens is 484 g/mol. The summed E-state index contributed by atoms with van der Waals surface area (Å²) >= 11 is 0. The number of halogens is 2. The van der Waals surface area contributed by atoms with Crippen LogP contribution >= 0.6 is 0 Å². The molecule has 6 nitrogen and oxygen atoms in total. The Morgan fingerprint density at radius 2 is 1.84 bits per heavy atom. The zero-order chi connectivity index (χ0) is 27.4. The maximum Gasteiger partial charge on any atom is 0.250 e. The molecule has 0 saturated carbocycles. The van der Waals surface area contributed by atoms with Crippen molar-refractivity contribution in [1.82, 2.24) is 14.9 Å². The Balaban J connectivity index is 1.41. The SMILES string of the molecule is Cc1ccncc1CN(c1ccc(F)c(F)c1)C1CCN([C@H](C)CCc2cc(C)c(C(N)=O)c(C)n2)CC1. The molecule has 0 aliphatic carbocycles. The van der Waals surface area contributed by atoms with E-state index in [1.807, 2.05) is 39.1 Å². The molecule has 3 aromatic rings. The lowest BCUT2D eigenvalue weighted by Crippen LogP contribution is -2.47. The van der Waals surface area contributed by atoms with E-state index in [0.29, 0.717) is 29.5 Å². The van der Waals surface area contributed by atoms with E-state index in [4.69, 9.17) is 5.73 Å². The normalized spacial score (nSPS) is 15.4. The van der Waals surface area contributed by atoms with E-state index in [1.165, 1.54) is 12.1 Å². The lowest BCUT2D eigenvalue weighted by molar-refractivity contribution is 0.0998. The van der Waals surface area contributed by atoms with E-state index < -0.39 is 17.5 Å². The van der Waals surface area contributed by atoms with Crippen LogP contribution in [0.2, 0.25) is 0 Å². The predicted molar refractivity (Wildman–Crippen MR) is 146 cm³/mol. The number of likely N-dealkylation sites (tertiary alicyclic amines) is 1. The number of piperidine rings is 1. The second-order valence-electron chi connectivity index (χ2n) is 10.4. The molecule has 1 aromatic carbocycles. The summed E-state index contributed by atoms with van der Waals surface area (Å²) < 4.78 is 27.9. The van der Waals surface area contributed by atoms with Gasteiger partial charge in [-0.05, 0) is 94.3 Å². The molecule has 1 fully saturated rings. The number of carbonyl (C=O) groups excluding carboxylic acids is 1. The highest BCUT2D eigenvalue weighted by molar-refractivity contribution is 5.95. The number of carbonyl (C=O) groups is 1. The van der Waals surface area contributed by atoms with Crippen molar-refractivity contribution in [3.63, 3.8) is 0 Å². The Morgan fingerprint density at radius 1 is 1.11 bits per heavy atom. The van der Waals surface area contributed by atoms with Crippen molar-refractivity contribution in [2.75, 3.05) is 18.0 Å². The Hall–Kier alpha value is -3.39. The number of aryl methyl sites for hydroxylation is 4. The smallest absolute Gasteiger partial charge is 0.250 e. The van der Waals surface area contributed by atoms with Gasteiger partial charge in [-0.3, -0.25) is 14.8 Å². The van der Waals surface area contributed by atoms with Gasteiger partial charge in [0.05, 0.1) is 11.3 Å². The van der Waals surface area contributed by atoms with Gasteiger partial charge in [-0.2, -0.15) is 0 Å². The van der Waals surface area contributed by atoms with Crippen molar-refractivity contribution in [3.05, 3.63) is 88.0 Å². The predicted octanol–water partition coefficient (Wildman–Crippen LogP) is 5.27. The number of aromatic nitrogens is 2. The third-order valence-corrected chi connectivity index (χ3v) is 7.80. The number of pyridine rings is 2. The second kappa shape index (κ2) is 12.0. The Morgan fingerprint density at radius 3 is 2.47 bits per heavy atom. The summed E-state index contributed by atoms with van der Waals surface area (Å²) in [4.78, 5) is 25.3. The molecule has 1 aliphatic rings. The number of hydrogen-bond acceptors (Lipinski definition) is 5. The molecule has 8 heteroatoms. The first-order valence-electron chi connectivity index (χ1n) is 13.3. The first-order valence-corrected chi connectivity index (χ1v) is 13.3. The summed E-state index contributed by atoms with van der Waals surface area (Å²) in [6, 6.07) is 8.69. The number of rotatable bonds is 9. The number of nitrogens with two attached hydrogens (primary N) is 1. The Labute approximate surface area is 223 Å². The highest BCUT2D eigenvalue weighted by Gasteiger charge is 2.28. The summed E-state index contributed by atoms with van der Waals surface area (Å²) in [5.74, 6) is -2.10. The maximum atomic E-state index is 14.2. The van der Waals surface area contributed by atoms with Crippen LogP contribution in [0.3, 0.4) is 0 Å². The van der Waals surface area contributed by atoms with Crippen molar-refractivity contribution < 1.29 is 13.6 Å². The van der Waals surface area contributed by atoms with Crippen LogP contribution in [-0.2, 0) is 13.0 Å². The van der Waals surface area contributed by atoms with Crippen LogP contribution in [0.5, 0.6) is 0 Å². The van der Waals surface area contributed by atoms with Gasteiger partial charge in [0, 0.05) is 61.6 Å². The van der Waals surface area contributed by atoms with Crippen molar-refractivity contribution in [2.45, 2.75) is 72.0 Å². The molecule has 4 rings (SSSR count). The van der Waals surface area contributed by atoms with Crippen LogP contribution in [0.4, 0.5) is 14.5 Å². The lowest BCUT2D eigenvalue weighted by atomic mass is 9.98. The molecular formula is C30H37F2N5O. The second-order valence-corrected chi connectivity index (χ2v) is 10.4. The van der Waals surface area contributed by atoms with Crippen molar-refractivity contribution >= 4 is 11.6 Å². The molecule has 0 radical (unpaired) electrons. The molecule has 0 bridgehead atoms. The summed E-state index contributed by atoms with van der Waals surface area (Å²) in [5.41, 5.74) is 11.4. The minimum atomic E-state index is -0.834. The van der Waals surface area contributed by atoms with Crippen LogP contribution in [0.1, 0.15) is 64.6 Å². The molecule has 2 N–H and O–H groups in total. The quantitative estimate of drug-likeness (QED) is 0.415.